The normalized spacial score (nSPS) is 16.6. The van der Waals surface area contributed by atoms with Gasteiger partial charge in [-0.15, -0.1) is 0 Å². The highest BCUT2D eigenvalue weighted by molar-refractivity contribution is 6.50. The largest absolute Gasteiger partial charge is 0.490 e. The maximum Gasteiger partial charge on any atom is 0.490 e. The summed E-state index contributed by atoms with van der Waals surface area (Å²) in [5.74, 6) is -3.50. The Morgan fingerprint density at radius 1 is 0.921 bits per heavy atom. The van der Waals surface area contributed by atoms with E-state index in [2.05, 4.69) is 27.5 Å². The van der Waals surface area contributed by atoms with Gasteiger partial charge in [0.2, 0.25) is 0 Å². The molecule has 2 aliphatic rings. The number of fused-ring (bicyclic) bond motifs is 2. The number of alkyl halides is 3. The number of aromatic nitrogens is 1. The van der Waals surface area contributed by atoms with E-state index >= 15 is 0 Å². The lowest BCUT2D eigenvalue weighted by Gasteiger charge is -2.25. The molecule has 0 unspecified atom stereocenters. The van der Waals surface area contributed by atoms with E-state index in [9.17, 15) is 22.8 Å². The second kappa shape index (κ2) is 9.82. The summed E-state index contributed by atoms with van der Waals surface area (Å²) in [6.07, 6.45) is 0.601. The van der Waals surface area contributed by atoms with Crippen LogP contribution in [-0.4, -0.2) is 46.7 Å². The van der Waals surface area contributed by atoms with E-state index in [1.165, 1.54) is 0 Å². The SMILES string of the molecule is O=C(O)C(F)(F)F.O=C1NC(=O)C(c2cn(C3CCNCC3)c3ccccc23)=C1c1coc2ccccc12. The molecule has 11 heteroatoms. The van der Waals surface area contributed by atoms with Gasteiger partial charge in [0.15, 0.2) is 0 Å². The summed E-state index contributed by atoms with van der Waals surface area (Å²) in [4.78, 5) is 34.8. The molecule has 2 aromatic heterocycles. The van der Waals surface area contributed by atoms with Crippen molar-refractivity contribution in [2.75, 3.05) is 13.1 Å². The van der Waals surface area contributed by atoms with E-state index in [0.29, 0.717) is 28.3 Å². The van der Waals surface area contributed by atoms with E-state index < -0.39 is 12.1 Å². The van der Waals surface area contributed by atoms with E-state index in [1.807, 2.05) is 42.5 Å². The maximum absolute atomic E-state index is 13.0. The lowest BCUT2D eigenvalue weighted by Crippen LogP contribution is -2.29. The zero-order valence-electron chi connectivity index (χ0n) is 19.8. The van der Waals surface area contributed by atoms with E-state index in [4.69, 9.17) is 14.3 Å². The van der Waals surface area contributed by atoms with Crippen molar-refractivity contribution in [3.05, 3.63) is 72.1 Å². The zero-order chi connectivity index (χ0) is 27.0. The standard InChI is InChI=1S/C25H21N3O3.C2HF3O2/c29-24-22(23(25(30)27-24)19-14-31-21-8-4-2-6-17(19)21)18-13-28(15-9-11-26-12-10-15)20-7-3-1-5-16(18)20;3-2(4,5)1(6)7/h1-8,13-15,26H,9-12H2,(H,27,29,30);(H,6,7). The van der Waals surface area contributed by atoms with Crippen LogP contribution in [0, 0.1) is 0 Å². The molecule has 2 amide bonds. The summed E-state index contributed by atoms with van der Waals surface area (Å²) in [5, 5.41) is 14.8. The van der Waals surface area contributed by atoms with Gasteiger partial charge in [-0.3, -0.25) is 14.9 Å². The number of carboxylic acid groups (broad SMARTS) is 1. The number of halogens is 3. The van der Waals surface area contributed by atoms with E-state index in [-0.39, 0.29) is 11.8 Å². The Morgan fingerprint density at radius 2 is 1.50 bits per heavy atom. The number of furan rings is 1. The summed E-state index contributed by atoms with van der Waals surface area (Å²) in [6.45, 7) is 1.95. The fourth-order valence-corrected chi connectivity index (χ4v) is 4.93. The van der Waals surface area contributed by atoms with Crippen LogP contribution >= 0.6 is 0 Å². The van der Waals surface area contributed by atoms with Crippen molar-refractivity contribution in [2.45, 2.75) is 25.1 Å². The van der Waals surface area contributed by atoms with Crippen molar-refractivity contribution in [3.8, 4) is 0 Å². The minimum atomic E-state index is -5.08. The molecule has 6 rings (SSSR count). The predicted molar refractivity (Wildman–Crippen MR) is 133 cm³/mol. The van der Waals surface area contributed by atoms with Crippen LogP contribution in [0.5, 0.6) is 0 Å². The number of imide groups is 1. The van der Waals surface area contributed by atoms with Gasteiger partial charge in [0.25, 0.3) is 11.8 Å². The summed E-state index contributed by atoms with van der Waals surface area (Å²) in [7, 11) is 0. The van der Waals surface area contributed by atoms with Crippen LogP contribution in [0.2, 0.25) is 0 Å². The van der Waals surface area contributed by atoms with Crippen LogP contribution in [0.1, 0.15) is 30.0 Å². The average Bonchev–Trinajstić information content (AvgIpc) is 3.57. The van der Waals surface area contributed by atoms with Crippen LogP contribution in [0.25, 0.3) is 33.0 Å². The molecule has 38 heavy (non-hydrogen) atoms. The topological polar surface area (TPSA) is 114 Å². The molecule has 1 saturated heterocycles. The lowest BCUT2D eigenvalue weighted by atomic mass is 9.95. The Labute approximate surface area is 213 Å². The third-order valence-electron chi connectivity index (χ3n) is 6.64. The monoisotopic (exact) mass is 525 g/mol. The molecule has 4 aromatic rings. The molecule has 196 valence electrons. The van der Waals surface area contributed by atoms with Crippen LogP contribution in [0.3, 0.4) is 0 Å². The molecule has 0 aliphatic carbocycles. The van der Waals surface area contributed by atoms with Crippen LogP contribution in [0.4, 0.5) is 13.2 Å². The highest BCUT2D eigenvalue weighted by Crippen LogP contribution is 2.40. The van der Waals surface area contributed by atoms with E-state index in [0.717, 1.165) is 47.8 Å². The van der Waals surface area contributed by atoms with Crippen molar-refractivity contribution in [1.29, 1.82) is 0 Å². The number of carboxylic acids is 1. The smallest absolute Gasteiger partial charge is 0.475 e. The van der Waals surface area contributed by atoms with Crippen molar-refractivity contribution in [1.82, 2.24) is 15.2 Å². The van der Waals surface area contributed by atoms with Gasteiger partial charge in [0, 0.05) is 39.7 Å². The minimum Gasteiger partial charge on any atom is -0.475 e. The van der Waals surface area contributed by atoms with Gasteiger partial charge in [0.1, 0.15) is 5.58 Å². The van der Waals surface area contributed by atoms with Gasteiger partial charge in [-0.05, 0) is 38.1 Å². The number of benzene rings is 2. The lowest BCUT2D eigenvalue weighted by molar-refractivity contribution is -0.192. The van der Waals surface area contributed by atoms with Gasteiger partial charge < -0.3 is 19.4 Å². The molecule has 0 radical (unpaired) electrons. The Kier molecular flexibility index (Phi) is 6.53. The number of piperidine rings is 1. The Balaban J connectivity index is 0.000000374. The number of amides is 2. The molecule has 0 atom stereocenters. The Hall–Kier alpha value is -4.38. The number of carbonyl (C=O) groups is 3. The van der Waals surface area contributed by atoms with Gasteiger partial charge in [-0.2, -0.15) is 13.2 Å². The van der Waals surface area contributed by atoms with Crippen molar-refractivity contribution < 1.29 is 37.1 Å². The number of rotatable bonds is 3. The number of carbonyl (C=O) groups excluding carboxylic acids is 2. The van der Waals surface area contributed by atoms with Gasteiger partial charge in [-0.25, -0.2) is 4.79 Å². The number of aliphatic carboxylic acids is 1. The number of nitrogens with zero attached hydrogens (tertiary/aromatic N) is 1. The molecule has 8 nitrogen and oxygen atoms in total. The number of hydrogen-bond donors (Lipinski definition) is 3. The van der Waals surface area contributed by atoms with Crippen molar-refractivity contribution in [2.24, 2.45) is 0 Å². The summed E-state index contributed by atoms with van der Waals surface area (Å²) < 4.78 is 39.7. The molecule has 2 aliphatic heterocycles. The maximum atomic E-state index is 13.0. The first-order chi connectivity index (χ1) is 18.2. The fraction of sp³-hybridized carbons (Fsp3) is 0.222. The van der Waals surface area contributed by atoms with Gasteiger partial charge in [0.05, 0.1) is 17.4 Å². The fourth-order valence-electron chi connectivity index (χ4n) is 4.93. The Bertz CT molecular complexity index is 1590. The zero-order valence-corrected chi connectivity index (χ0v) is 19.8. The predicted octanol–water partition coefficient (Wildman–Crippen LogP) is 4.51. The molecular weight excluding hydrogens is 503 g/mol. The summed E-state index contributed by atoms with van der Waals surface area (Å²) in [6, 6.07) is 16.0. The molecule has 4 heterocycles. The average molecular weight is 525 g/mol. The van der Waals surface area contributed by atoms with Crippen LogP contribution < -0.4 is 10.6 Å². The molecule has 1 fully saturated rings. The van der Waals surface area contributed by atoms with Crippen LogP contribution in [0.15, 0.2) is 65.4 Å². The third-order valence-corrected chi connectivity index (χ3v) is 6.64. The first kappa shape index (κ1) is 25.3. The van der Waals surface area contributed by atoms with Crippen LogP contribution in [-0.2, 0) is 14.4 Å². The minimum absolute atomic E-state index is 0.360. The second-order valence-corrected chi connectivity index (χ2v) is 8.93. The van der Waals surface area contributed by atoms with Crippen molar-refractivity contribution in [3.63, 3.8) is 0 Å². The molecule has 0 saturated carbocycles. The number of para-hydroxylation sites is 2. The second-order valence-electron chi connectivity index (χ2n) is 8.93. The molecule has 2 aromatic carbocycles. The first-order valence-corrected chi connectivity index (χ1v) is 11.8. The Morgan fingerprint density at radius 3 is 2.16 bits per heavy atom. The molecule has 3 N–H and O–H groups in total. The number of nitrogens with one attached hydrogen (secondary N) is 2. The van der Waals surface area contributed by atoms with Gasteiger partial charge in [-0.1, -0.05) is 36.4 Å². The third kappa shape index (κ3) is 4.56. The number of hydrogen-bond acceptors (Lipinski definition) is 5. The highest BCUT2D eigenvalue weighted by Gasteiger charge is 2.38. The van der Waals surface area contributed by atoms with Gasteiger partial charge >= 0.3 is 12.1 Å². The molecular formula is C27H22F3N3O5. The molecule has 0 spiro atoms. The highest BCUT2D eigenvalue weighted by atomic mass is 19.4. The van der Waals surface area contributed by atoms with E-state index in [1.54, 1.807) is 6.26 Å². The molecule has 0 bridgehead atoms. The quantitative estimate of drug-likeness (QED) is 0.339. The first-order valence-electron chi connectivity index (χ1n) is 11.8. The summed E-state index contributed by atoms with van der Waals surface area (Å²) >= 11 is 0. The summed E-state index contributed by atoms with van der Waals surface area (Å²) in [5.41, 5.74) is 4.00. The van der Waals surface area contributed by atoms with Crippen molar-refractivity contribution >= 4 is 50.8 Å².